The van der Waals surface area contributed by atoms with Crippen LogP contribution < -0.4 is 9.47 Å². The van der Waals surface area contributed by atoms with Gasteiger partial charge in [-0.2, -0.15) is 0 Å². The number of likely N-dealkylation sites (N-methyl/N-ethyl adjacent to an activating group) is 1. The number of oxime groups is 1. The second-order valence-corrected chi connectivity index (χ2v) is 5.86. The second-order valence-electron chi connectivity index (χ2n) is 5.86. The van der Waals surface area contributed by atoms with Gasteiger partial charge in [-0.3, -0.25) is 4.90 Å². The number of aryl methyl sites for hydroxylation is 2. The summed E-state index contributed by atoms with van der Waals surface area (Å²) in [5.41, 5.74) is 3.12. The first-order valence-corrected chi connectivity index (χ1v) is 8.21. The topological polar surface area (TPSA) is 43.3 Å². The molecule has 24 heavy (non-hydrogen) atoms. The summed E-state index contributed by atoms with van der Waals surface area (Å²) in [4.78, 5) is 6.92. The number of nitrogens with zero attached hydrogens (tertiary/aromatic N) is 2. The van der Waals surface area contributed by atoms with Gasteiger partial charge in [0.05, 0.1) is 5.71 Å². The van der Waals surface area contributed by atoms with Gasteiger partial charge in [-0.15, -0.1) is 0 Å². The van der Waals surface area contributed by atoms with Crippen molar-refractivity contribution in [2.24, 2.45) is 5.16 Å². The second kappa shape index (κ2) is 10.7. The van der Waals surface area contributed by atoms with Crippen LogP contribution in [0.1, 0.15) is 25.0 Å². The molecule has 0 saturated heterocycles. The van der Waals surface area contributed by atoms with E-state index in [1.807, 2.05) is 59.0 Å². The van der Waals surface area contributed by atoms with Crippen LogP contribution in [-0.4, -0.2) is 51.1 Å². The Bertz CT molecular complexity index is 545. The van der Waals surface area contributed by atoms with Gasteiger partial charge in [0.15, 0.2) is 0 Å². The van der Waals surface area contributed by atoms with E-state index in [4.69, 9.17) is 14.3 Å². The minimum absolute atomic E-state index is 0.586. The van der Waals surface area contributed by atoms with E-state index in [1.54, 1.807) is 7.11 Å². The number of ether oxygens (including phenoxy) is 2. The summed E-state index contributed by atoms with van der Waals surface area (Å²) in [5, 5.41) is 3.91. The zero-order valence-electron chi connectivity index (χ0n) is 15.8. The van der Waals surface area contributed by atoms with Crippen LogP contribution in [0.4, 0.5) is 0 Å². The maximum atomic E-state index is 5.98. The molecular formula is C19H30N2O3. The van der Waals surface area contributed by atoms with E-state index < -0.39 is 0 Å². The molecule has 0 aliphatic rings. The lowest BCUT2D eigenvalue weighted by Crippen LogP contribution is -2.29. The first kappa shape index (κ1) is 20.0. The maximum absolute atomic E-state index is 5.98. The van der Waals surface area contributed by atoms with Crippen molar-refractivity contribution in [3.63, 3.8) is 0 Å². The van der Waals surface area contributed by atoms with Gasteiger partial charge in [0.25, 0.3) is 0 Å². The molecule has 5 heteroatoms. The van der Waals surface area contributed by atoms with E-state index >= 15 is 0 Å². The molecule has 0 radical (unpaired) electrons. The van der Waals surface area contributed by atoms with E-state index in [9.17, 15) is 0 Å². The largest absolute Gasteiger partial charge is 0.492 e. The third-order valence-electron chi connectivity index (χ3n) is 3.48. The van der Waals surface area contributed by atoms with Crippen LogP contribution >= 0.6 is 0 Å². The van der Waals surface area contributed by atoms with Crippen LogP contribution in [0.15, 0.2) is 29.4 Å². The normalized spacial score (nSPS) is 12.0. The molecule has 0 spiro atoms. The Morgan fingerprint density at radius 2 is 1.88 bits per heavy atom. The van der Waals surface area contributed by atoms with Crippen LogP contribution in [-0.2, 0) is 4.84 Å². The van der Waals surface area contributed by atoms with Crippen molar-refractivity contribution >= 4 is 5.71 Å². The molecule has 0 heterocycles. The van der Waals surface area contributed by atoms with E-state index in [1.165, 1.54) is 0 Å². The molecule has 134 valence electrons. The lowest BCUT2D eigenvalue weighted by molar-refractivity contribution is 0.208. The molecule has 1 rings (SSSR count). The molecule has 0 atom stereocenters. The van der Waals surface area contributed by atoms with Crippen molar-refractivity contribution in [2.75, 3.05) is 40.5 Å². The fourth-order valence-corrected chi connectivity index (χ4v) is 2.42. The molecule has 0 unspecified atom stereocenters. The molecule has 1 aromatic rings. The average Bonchev–Trinajstić information content (AvgIpc) is 2.50. The Balaban J connectivity index is 2.54. The quantitative estimate of drug-likeness (QED) is 0.373. The fraction of sp³-hybridized carbons (Fsp3) is 0.526. The minimum atomic E-state index is 0.586. The summed E-state index contributed by atoms with van der Waals surface area (Å²) >= 11 is 0. The van der Waals surface area contributed by atoms with E-state index in [2.05, 4.69) is 10.1 Å². The Kier molecular flexibility index (Phi) is 8.94. The third kappa shape index (κ3) is 7.04. The molecule has 0 N–H and O–H groups in total. The van der Waals surface area contributed by atoms with Crippen LogP contribution in [0.3, 0.4) is 0 Å². The van der Waals surface area contributed by atoms with Crippen LogP contribution in [0, 0.1) is 13.8 Å². The highest BCUT2D eigenvalue weighted by Crippen LogP contribution is 2.28. The molecule has 0 bridgehead atoms. The first-order valence-electron chi connectivity index (χ1n) is 8.21. The predicted molar refractivity (Wildman–Crippen MR) is 99.3 cm³/mol. The predicted octanol–water partition coefficient (Wildman–Crippen LogP) is 3.59. The fourth-order valence-electron chi connectivity index (χ4n) is 2.42. The lowest BCUT2D eigenvalue weighted by atomic mass is 10.1. The van der Waals surface area contributed by atoms with Gasteiger partial charge in [0, 0.05) is 13.1 Å². The van der Waals surface area contributed by atoms with E-state index in [-0.39, 0.29) is 0 Å². The Morgan fingerprint density at radius 1 is 1.21 bits per heavy atom. The van der Waals surface area contributed by atoms with Crippen molar-refractivity contribution in [2.45, 2.75) is 27.7 Å². The summed E-state index contributed by atoms with van der Waals surface area (Å²) in [5.74, 6) is 1.81. The smallest absolute Gasteiger partial charge is 0.125 e. The van der Waals surface area contributed by atoms with Crippen LogP contribution in [0.2, 0.25) is 0 Å². The monoisotopic (exact) mass is 334 g/mol. The zero-order valence-corrected chi connectivity index (χ0v) is 15.8. The van der Waals surface area contributed by atoms with Gasteiger partial charge >= 0.3 is 0 Å². The zero-order chi connectivity index (χ0) is 17.9. The highest BCUT2D eigenvalue weighted by Gasteiger charge is 2.08. The number of hydrogen-bond donors (Lipinski definition) is 0. The highest BCUT2D eigenvalue weighted by molar-refractivity contribution is 5.83. The molecule has 0 aliphatic heterocycles. The Labute approximate surface area is 145 Å². The van der Waals surface area contributed by atoms with Gasteiger partial charge in [-0.1, -0.05) is 17.3 Å². The molecule has 0 fully saturated rings. The van der Waals surface area contributed by atoms with Gasteiger partial charge in [-0.05, 0) is 58.0 Å². The summed E-state index contributed by atoms with van der Waals surface area (Å²) < 4.78 is 11.7. The van der Waals surface area contributed by atoms with Gasteiger partial charge in [0.1, 0.15) is 31.8 Å². The van der Waals surface area contributed by atoms with Gasteiger partial charge < -0.3 is 14.3 Å². The van der Waals surface area contributed by atoms with Gasteiger partial charge in [0.2, 0.25) is 0 Å². The van der Waals surface area contributed by atoms with Crippen molar-refractivity contribution < 1.29 is 14.3 Å². The van der Waals surface area contributed by atoms with Crippen molar-refractivity contribution in [1.82, 2.24) is 4.90 Å². The van der Waals surface area contributed by atoms with Crippen LogP contribution in [0.25, 0.3) is 0 Å². The SMILES string of the molecule is C/C=C/COc1cc(C)c(OCCN(C)CC(C)=NOC)c(C)c1. The number of benzene rings is 1. The number of rotatable bonds is 10. The minimum Gasteiger partial charge on any atom is -0.492 e. The van der Waals surface area contributed by atoms with Crippen molar-refractivity contribution in [1.29, 1.82) is 0 Å². The molecule has 5 nitrogen and oxygen atoms in total. The summed E-state index contributed by atoms with van der Waals surface area (Å²) in [6.07, 6.45) is 3.96. The lowest BCUT2D eigenvalue weighted by Gasteiger charge is -2.18. The van der Waals surface area contributed by atoms with E-state index in [0.717, 1.165) is 41.4 Å². The van der Waals surface area contributed by atoms with Gasteiger partial charge in [-0.25, -0.2) is 0 Å². The van der Waals surface area contributed by atoms with Crippen LogP contribution in [0.5, 0.6) is 11.5 Å². The third-order valence-corrected chi connectivity index (χ3v) is 3.48. The molecule has 1 aromatic carbocycles. The molecule has 0 aromatic heterocycles. The number of hydrogen-bond acceptors (Lipinski definition) is 5. The molecule has 0 saturated carbocycles. The van der Waals surface area contributed by atoms with Crippen molar-refractivity contribution in [3.05, 3.63) is 35.4 Å². The van der Waals surface area contributed by atoms with E-state index in [0.29, 0.717) is 13.2 Å². The standard InChI is InChI=1S/C19H30N2O3/c1-7-8-10-23-18-12-15(2)19(16(3)13-18)24-11-9-21(5)14-17(4)20-22-6/h7-8,12-13H,9-11,14H2,1-6H3/b8-7+,20-17?. The summed E-state index contributed by atoms with van der Waals surface area (Å²) in [7, 11) is 3.60. The Hall–Kier alpha value is -2.01. The molecular weight excluding hydrogens is 304 g/mol. The van der Waals surface area contributed by atoms with Crippen molar-refractivity contribution in [3.8, 4) is 11.5 Å². The maximum Gasteiger partial charge on any atom is 0.125 e. The average molecular weight is 334 g/mol. The Morgan fingerprint density at radius 3 is 2.46 bits per heavy atom. The highest BCUT2D eigenvalue weighted by atomic mass is 16.6. The summed E-state index contributed by atoms with van der Waals surface area (Å²) in [6, 6.07) is 4.04. The molecule has 0 aliphatic carbocycles. The first-order chi connectivity index (χ1) is 11.5. The molecule has 0 amide bonds. The summed E-state index contributed by atoms with van der Waals surface area (Å²) in [6.45, 7) is 10.8. The number of allylic oxidation sites excluding steroid dienone is 1.